The third-order valence-electron chi connectivity index (χ3n) is 4.33. The van der Waals surface area contributed by atoms with Crippen molar-refractivity contribution in [3.05, 3.63) is 35.9 Å². The third kappa shape index (κ3) is 4.34. The second-order valence-electron chi connectivity index (χ2n) is 5.94. The standard InChI is InChI=1S/C18H25NO3/c1-13(16-5-3-4-6-17(16)22-2)11-18(21)19-15-9-7-14(12-20)8-10-15/h3-6,11,14-15,20H,7-10,12H2,1-2H3,(H,19,21)/b13-11+. The molecule has 0 atom stereocenters. The molecular weight excluding hydrogens is 278 g/mol. The summed E-state index contributed by atoms with van der Waals surface area (Å²) in [4.78, 5) is 12.2. The van der Waals surface area contributed by atoms with Gasteiger partial charge in [-0.3, -0.25) is 4.79 Å². The molecule has 2 rings (SSSR count). The average molecular weight is 303 g/mol. The van der Waals surface area contributed by atoms with E-state index in [1.807, 2.05) is 31.2 Å². The number of carbonyl (C=O) groups excluding carboxylic acids is 1. The van der Waals surface area contributed by atoms with Crippen molar-refractivity contribution in [1.29, 1.82) is 0 Å². The molecule has 1 aliphatic rings. The summed E-state index contributed by atoms with van der Waals surface area (Å²) in [6.07, 6.45) is 5.49. The van der Waals surface area contributed by atoms with Gasteiger partial charge in [0.1, 0.15) is 5.75 Å². The predicted octanol–water partition coefficient (Wildman–Crippen LogP) is 2.77. The van der Waals surface area contributed by atoms with Crippen LogP contribution in [0, 0.1) is 5.92 Å². The molecule has 22 heavy (non-hydrogen) atoms. The summed E-state index contributed by atoms with van der Waals surface area (Å²) in [5, 5.41) is 12.2. The van der Waals surface area contributed by atoms with E-state index in [4.69, 9.17) is 9.84 Å². The van der Waals surface area contributed by atoms with E-state index in [9.17, 15) is 4.79 Å². The zero-order valence-electron chi connectivity index (χ0n) is 13.3. The largest absolute Gasteiger partial charge is 0.496 e. The van der Waals surface area contributed by atoms with Gasteiger partial charge >= 0.3 is 0 Å². The van der Waals surface area contributed by atoms with Crippen molar-refractivity contribution >= 4 is 11.5 Å². The van der Waals surface area contributed by atoms with Crippen LogP contribution in [-0.4, -0.2) is 30.8 Å². The van der Waals surface area contributed by atoms with Gasteiger partial charge in [0.2, 0.25) is 5.91 Å². The number of rotatable bonds is 5. The fourth-order valence-corrected chi connectivity index (χ4v) is 2.98. The van der Waals surface area contributed by atoms with Crippen molar-refractivity contribution in [2.24, 2.45) is 5.92 Å². The molecule has 1 fully saturated rings. The Morgan fingerprint density at radius 3 is 2.64 bits per heavy atom. The lowest BCUT2D eigenvalue weighted by Gasteiger charge is -2.27. The lowest BCUT2D eigenvalue weighted by atomic mass is 9.86. The lowest BCUT2D eigenvalue weighted by Crippen LogP contribution is -2.37. The molecule has 1 aliphatic carbocycles. The van der Waals surface area contributed by atoms with E-state index in [0.29, 0.717) is 5.92 Å². The van der Waals surface area contributed by atoms with Gasteiger partial charge in [0.25, 0.3) is 0 Å². The highest BCUT2D eigenvalue weighted by molar-refractivity contribution is 5.95. The first-order valence-corrected chi connectivity index (χ1v) is 7.87. The minimum Gasteiger partial charge on any atom is -0.496 e. The Labute approximate surface area is 132 Å². The summed E-state index contributed by atoms with van der Waals surface area (Å²) in [6.45, 7) is 2.17. The van der Waals surface area contributed by atoms with Crippen LogP contribution in [0.5, 0.6) is 5.75 Å². The van der Waals surface area contributed by atoms with Crippen LogP contribution in [0.25, 0.3) is 5.57 Å². The van der Waals surface area contributed by atoms with Crippen LogP contribution >= 0.6 is 0 Å². The van der Waals surface area contributed by atoms with Gasteiger partial charge in [-0.1, -0.05) is 18.2 Å². The molecule has 2 N–H and O–H groups in total. The first kappa shape index (κ1) is 16.6. The van der Waals surface area contributed by atoms with Crippen molar-refractivity contribution < 1.29 is 14.6 Å². The van der Waals surface area contributed by atoms with E-state index >= 15 is 0 Å². The lowest BCUT2D eigenvalue weighted by molar-refractivity contribution is -0.117. The summed E-state index contributed by atoms with van der Waals surface area (Å²) >= 11 is 0. The Kier molecular flexibility index (Phi) is 6.01. The second-order valence-corrected chi connectivity index (χ2v) is 5.94. The van der Waals surface area contributed by atoms with Crippen LogP contribution in [0.15, 0.2) is 30.3 Å². The number of benzene rings is 1. The molecule has 0 heterocycles. The fraction of sp³-hybridized carbons (Fsp3) is 0.500. The van der Waals surface area contributed by atoms with E-state index in [1.54, 1.807) is 13.2 Å². The number of amides is 1. The molecule has 1 saturated carbocycles. The number of aliphatic hydroxyl groups excluding tert-OH is 1. The summed E-state index contributed by atoms with van der Waals surface area (Å²) in [7, 11) is 1.63. The summed E-state index contributed by atoms with van der Waals surface area (Å²) in [6, 6.07) is 7.90. The molecule has 0 spiro atoms. The van der Waals surface area contributed by atoms with Gasteiger partial charge in [-0.25, -0.2) is 0 Å². The van der Waals surface area contributed by atoms with E-state index < -0.39 is 0 Å². The molecule has 4 nitrogen and oxygen atoms in total. The maximum absolute atomic E-state index is 12.2. The minimum absolute atomic E-state index is 0.0594. The topological polar surface area (TPSA) is 58.6 Å². The molecule has 0 aromatic heterocycles. The molecule has 1 aromatic carbocycles. The highest BCUT2D eigenvalue weighted by Crippen LogP contribution is 2.26. The van der Waals surface area contributed by atoms with Crippen LogP contribution in [-0.2, 0) is 4.79 Å². The minimum atomic E-state index is -0.0594. The van der Waals surface area contributed by atoms with Crippen molar-refractivity contribution in [3.8, 4) is 5.75 Å². The molecule has 4 heteroatoms. The molecule has 120 valence electrons. The third-order valence-corrected chi connectivity index (χ3v) is 4.33. The SMILES string of the molecule is COc1ccccc1/C(C)=C/C(=O)NC1CCC(CO)CC1. The predicted molar refractivity (Wildman–Crippen MR) is 87.6 cm³/mol. The molecule has 1 aromatic rings. The Hall–Kier alpha value is -1.81. The highest BCUT2D eigenvalue weighted by Gasteiger charge is 2.21. The van der Waals surface area contributed by atoms with Crippen molar-refractivity contribution in [2.75, 3.05) is 13.7 Å². The average Bonchev–Trinajstić information content (AvgIpc) is 2.55. The maximum Gasteiger partial charge on any atom is 0.244 e. The Morgan fingerprint density at radius 2 is 2.00 bits per heavy atom. The van der Waals surface area contributed by atoms with Crippen LogP contribution < -0.4 is 10.1 Å². The summed E-state index contributed by atoms with van der Waals surface area (Å²) in [5.41, 5.74) is 1.82. The van der Waals surface area contributed by atoms with E-state index in [0.717, 1.165) is 42.6 Å². The Morgan fingerprint density at radius 1 is 1.32 bits per heavy atom. The van der Waals surface area contributed by atoms with Crippen molar-refractivity contribution in [1.82, 2.24) is 5.32 Å². The van der Waals surface area contributed by atoms with Gasteiger partial charge < -0.3 is 15.2 Å². The van der Waals surface area contributed by atoms with Crippen LogP contribution in [0.1, 0.15) is 38.2 Å². The second kappa shape index (κ2) is 7.99. The first-order valence-electron chi connectivity index (χ1n) is 7.87. The van der Waals surface area contributed by atoms with Crippen LogP contribution in [0.3, 0.4) is 0 Å². The van der Waals surface area contributed by atoms with Gasteiger partial charge in [-0.15, -0.1) is 0 Å². The van der Waals surface area contributed by atoms with Gasteiger partial charge in [-0.2, -0.15) is 0 Å². The van der Waals surface area contributed by atoms with Gasteiger partial charge in [0, 0.05) is 24.3 Å². The van der Waals surface area contributed by atoms with Crippen molar-refractivity contribution in [3.63, 3.8) is 0 Å². The molecule has 0 saturated heterocycles. The van der Waals surface area contributed by atoms with Gasteiger partial charge in [0.15, 0.2) is 0 Å². The molecular formula is C18H25NO3. The number of allylic oxidation sites excluding steroid dienone is 1. The van der Waals surface area contributed by atoms with Gasteiger partial charge in [0.05, 0.1) is 7.11 Å². The zero-order chi connectivity index (χ0) is 15.9. The van der Waals surface area contributed by atoms with Crippen molar-refractivity contribution in [2.45, 2.75) is 38.6 Å². The van der Waals surface area contributed by atoms with E-state index in [-0.39, 0.29) is 18.6 Å². The first-order chi connectivity index (χ1) is 10.6. The van der Waals surface area contributed by atoms with Crippen LogP contribution in [0.2, 0.25) is 0 Å². The molecule has 0 bridgehead atoms. The van der Waals surface area contributed by atoms with Crippen LogP contribution in [0.4, 0.5) is 0 Å². The number of carbonyl (C=O) groups is 1. The van der Waals surface area contributed by atoms with E-state index in [1.165, 1.54) is 0 Å². The number of hydrogen-bond acceptors (Lipinski definition) is 3. The molecule has 0 aliphatic heterocycles. The summed E-state index contributed by atoms with van der Waals surface area (Å²) < 4.78 is 5.33. The number of ether oxygens (including phenoxy) is 1. The number of methoxy groups -OCH3 is 1. The number of para-hydroxylation sites is 1. The summed E-state index contributed by atoms with van der Waals surface area (Å²) in [5.74, 6) is 1.11. The fourth-order valence-electron chi connectivity index (χ4n) is 2.98. The molecule has 0 unspecified atom stereocenters. The van der Waals surface area contributed by atoms with E-state index in [2.05, 4.69) is 5.32 Å². The molecule has 0 radical (unpaired) electrons. The number of aliphatic hydroxyl groups is 1. The smallest absolute Gasteiger partial charge is 0.244 e. The maximum atomic E-state index is 12.2. The quantitative estimate of drug-likeness (QED) is 0.822. The Bertz CT molecular complexity index is 531. The highest BCUT2D eigenvalue weighted by atomic mass is 16.5. The number of nitrogens with one attached hydrogen (secondary N) is 1. The monoisotopic (exact) mass is 303 g/mol. The Balaban J connectivity index is 1.95. The van der Waals surface area contributed by atoms with Gasteiger partial charge in [-0.05, 0) is 50.2 Å². The number of hydrogen-bond donors (Lipinski definition) is 2. The zero-order valence-corrected chi connectivity index (χ0v) is 13.3. The molecule has 1 amide bonds. The normalized spacial score (nSPS) is 22.2.